The molecule has 0 aromatic rings. The number of rotatable bonds is 2. The molecular formula is C21H32O3. The van der Waals surface area contributed by atoms with E-state index in [1.165, 1.54) is 19.3 Å². The van der Waals surface area contributed by atoms with Gasteiger partial charge in [-0.3, -0.25) is 4.79 Å². The van der Waals surface area contributed by atoms with Crippen LogP contribution in [0.4, 0.5) is 0 Å². The summed E-state index contributed by atoms with van der Waals surface area (Å²) in [5.74, 6) is 7.16. The predicted octanol–water partition coefficient (Wildman–Crippen LogP) is 3.18. The molecule has 3 aliphatic rings. The lowest BCUT2D eigenvalue weighted by molar-refractivity contribution is -0.181. The first-order chi connectivity index (χ1) is 11.4. The molecule has 0 radical (unpaired) electrons. The Morgan fingerprint density at radius 2 is 1.83 bits per heavy atom. The zero-order valence-electron chi connectivity index (χ0n) is 15.3. The number of hydrogen-bond acceptors (Lipinski definition) is 3. The van der Waals surface area contributed by atoms with Crippen LogP contribution in [0.2, 0.25) is 0 Å². The fourth-order valence-corrected chi connectivity index (χ4v) is 5.72. The highest BCUT2D eigenvalue weighted by atomic mass is 16.3. The van der Waals surface area contributed by atoms with Gasteiger partial charge in [0.1, 0.15) is 11.9 Å². The molecule has 0 bridgehead atoms. The minimum Gasteiger partial charge on any atom is -0.392 e. The SMILES string of the molecule is CC1C(=O)[C@]2(C(C)C)CC[C@H](O)[C@@H](C#C[C@@H](O)C3CCCCC3)[C@H]12. The van der Waals surface area contributed by atoms with Crippen molar-refractivity contribution in [1.29, 1.82) is 0 Å². The zero-order valence-corrected chi connectivity index (χ0v) is 15.3. The molecule has 6 atom stereocenters. The highest BCUT2D eigenvalue weighted by molar-refractivity contribution is 5.94. The molecule has 3 nitrogen and oxygen atoms in total. The average molecular weight is 332 g/mol. The Labute approximate surface area is 146 Å². The molecule has 0 saturated heterocycles. The summed E-state index contributed by atoms with van der Waals surface area (Å²) < 4.78 is 0. The van der Waals surface area contributed by atoms with Crippen LogP contribution >= 0.6 is 0 Å². The van der Waals surface area contributed by atoms with Crippen LogP contribution in [0.25, 0.3) is 0 Å². The van der Waals surface area contributed by atoms with E-state index in [2.05, 4.69) is 25.7 Å². The molecule has 3 saturated carbocycles. The summed E-state index contributed by atoms with van der Waals surface area (Å²) in [4.78, 5) is 12.6. The number of hydrogen-bond donors (Lipinski definition) is 2. The van der Waals surface area contributed by atoms with E-state index in [-0.39, 0.29) is 35.0 Å². The summed E-state index contributed by atoms with van der Waals surface area (Å²) in [7, 11) is 0. The van der Waals surface area contributed by atoms with Gasteiger partial charge in [-0.1, -0.05) is 51.9 Å². The first kappa shape index (κ1) is 18.0. The molecule has 0 amide bonds. The van der Waals surface area contributed by atoms with Crippen molar-refractivity contribution in [1.82, 2.24) is 0 Å². The van der Waals surface area contributed by atoms with E-state index in [9.17, 15) is 15.0 Å². The van der Waals surface area contributed by atoms with Crippen LogP contribution < -0.4 is 0 Å². The summed E-state index contributed by atoms with van der Waals surface area (Å²) in [6.45, 7) is 6.23. The van der Waals surface area contributed by atoms with Crippen LogP contribution in [0.5, 0.6) is 0 Å². The largest absolute Gasteiger partial charge is 0.392 e. The third-order valence-electron chi connectivity index (χ3n) is 7.19. The summed E-state index contributed by atoms with van der Waals surface area (Å²) in [6.07, 6.45) is 6.10. The van der Waals surface area contributed by atoms with Crippen LogP contribution in [0.3, 0.4) is 0 Å². The maximum atomic E-state index is 12.6. The molecule has 2 N–H and O–H groups in total. The summed E-state index contributed by atoms with van der Waals surface area (Å²) in [6, 6.07) is 0. The Hall–Kier alpha value is -0.850. The topological polar surface area (TPSA) is 57.5 Å². The van der Waals surface area contributed by atoms with E-state index in [0.717, 1.165) is 19.3 Å². The van der Waals surface area contributed by atoms with Crippen molar-refractivity contribution in [3.05, 3.63) is 0 Å². The van der Waals surface area contributed by atoms with Crippen molar-refractivity contribution in [2.75, 3.05) is 0 Å². The van der Waals surface area contributed by atoms with Gasteiger partial charge in [-0.05, 0) is 43.4 Å². The number of fused-ring (bicyclic) bond motifs is 1. The average Bonchev–Trinajstić information content (AvgIpc) is 2.59. The normalized spacial score (nSPS) is 41.2. The van der Waals surface area contributed by atoms with Crippen molar-refractivity contribution in [3.63, 3.8) is 0 Å². The van der Waals surface area contributed by atoms with Crippen LogP contribution in [-0.4, -0.2) is 28.2 Å². The summed E-state index contributed by atoms with van der Waals surface area (Å²) >= 11 is 0. The second-order valence-electron chi connectivity index (χ2n) is 8.64. The number of ketones is 1. The smallest absolute Gasteiger partial charge is 0.142 e. The van der Waals surface area contributed by atoms with Crippen molar-refractivity contribution >= 4 is 5.78 Å². The molecule has 3 heteroatoms. The van der Waals surface area contributed by atoms with Gasteiger partial charge in [0.05, 0.1) is 12.0 Å². The van der Waals surface area contributed by atoms with Gasteiger partial charge in [0.25, 0.3) is 0 Å². The van der Waals surface area contributed by atoms with Gasteiger partial charge in [-0.2, -0.15) is 0 Å². The van der Waals surface area contributed by atoms with Crippen molar-refractivity contribution in [3.8, 4) is 11.8 Å². The number of carbonyl (C=O) groups is 1. The summed E-state index contributed by atoms with van der Waals surface area (Å²) in [5.41, 5.74) is -0.298. The monoisotopic (exact) mass is 332 g/mol. The van der Waals surface area contributed by atoms with Crippen LogP contribution in [0.1, 0.15) is 65.7 Å². The third-order valence-corrected chi connectivity index (χ3v) is 7.19. The molecule has 0 heterocycles. The Morgan fingerprint density at radius 3 is 2.46 bits per heavy atom. The molecule has 0 aliphatic heterocycles. The van der Waals surface area contributed by atoms with E-state index in [4.69, 9.17) is 0 Å². The first-order valence-corrected chi connectivity index (χ1v) is 9.81. The quantitative estimate of drug-likeness (QED) is 0.764. The maximum absolute atomic E-state index is 12.6. The highest BCUT2D eigenvalue weighted by Crippen LogP contribution is 2.61. The lowest BCUT2D eigenvalue weighted by Gasteiger charge is -2.60. The Morgan fingerprint density at radius 1 is 1.17 bits per heavy atom. The number of carbonyl (C=O) groups excluding carboxylic acids is 1. The Bertz CT molecular complexity index is 537. The van der Waals surface area contributed by atoms with E-state index in [1.807, 2.05) is 6.92 Å². The highest BCUT2D eigenvalue weighted by Gasteiger charge is 2.65. The second-order valence-corrected chi connectivity index (χ2v) is 8.64. The molecule has 1 unspecified atom stereocenters. The number of Topliss-reactive ketones (excluding diaryl/α,β-unsaturated/α-hetero) is 1. The van der Waals surface area contributed by atoms with Crippen molar-refractivity contribution in [2.45, 2.75) is 77.9 Å². The predicted molar refractivity (Wildman–Crippen MR) is 94.0 cm³/mol. The van der Waals surface area contributed by atoms with E-state index >= 15 is 0 Å². The van der Waals surface area contributed by atoms with E-state index in [1.54, 1.807) is 0 Å². The molecule has 3 aliphatic carbocycles. The Kier molecular flexibility index (Phi) is 5.09. The standard InChI is InChI=1S/C21H32O3/c1-13(2)21-12-11-18(23)16(19(21)14(3)20(21)24)9-10-17(22)15-7-5-4-6-8-15/h13-19,22-23H,4-8,11-12H2,1-3H3/t14?,16-,17-,18+,19+,21+/m1/s1. The molecule has 3 rings (SSSR count). The first-order valence-electron chi connectivity index (χ1n) is 9.81. The van der Waals surface area contributed by atoms with Gasteiger partial charge < -0.3 is 10.2 Å². The van der Waals surface area contributed by atoms with Gasteiger partial charge >= 0.3 is 0 Å². The zero-order chi connectivity index (χ0) is 17.5. The van der Waals surface area contributed by atoms with Crippen LogP contribution in [-0.2, 0) is 4.79 Å². The Balaban J connectivity index is 1.79. The molecule has 0 spiro atoms. The van der Waals surface area contributed by atoms with Gasteiger partial charge in [0, 0.05) is 11.3 Å². The second kappa shape index (κ2) is 6.81. The van der Waals surface area contributed by atoms with Crippen molar-refractivity contribution < 1.29 is 15.0 Å². The molecule has 0 aromatic heterocycles. The fourth-order valence-electron chi connectivity index (χ4n) is 5.72. The molecule has 3 fully saturated rings. The van der Waals surface area contributed by atoms with Crippen LogP contribution in [0.15, 0.2) is 0 Å². The van der Waals surface area contributed by atoms with Crippen LogP contribution in [0, 0.1) is 46.8 Å². The number of aliphatic hydroxyl groups is 2. The fraction of sp³-hybridized carbons (Fsp3) is 0.857. The maximum Gasteiger partial charge on any atom is 0.142 e. The van der Waals surface area contributed by atoms with E-state index < -0.39 is 12.2 Å². The van der Waals surface area contributed by atoms with Gasteiger partial charge in [-0.15, -0.1) is 0 Å². The molecule has 0 aromatic carbocycles. The van der Waals surface area contributed by atoms with Crippen molar-refractivity contribution in [2.24, 2.45) is 35.0 Å². The van der Waals surface area contributed by atoms with Gasteiger partial charge in [0.2, 0.25) is 0 Å². The molecular weight excluding hydrogens is 300 g/mol. The lowest BCUT2D eigenvalue weighted by Crippen LogP contribution is -2.65. The van der Waals surface area contributed by atoms with E-state index in [0.29, 0.717) is 12.2 Å². The van der Waals surface area contributed by atoms with Gasteiger partial charge in [-0.25, -0.2) is 0 Å². The third kappa shape index (κ3) is 2.72. The number of aliphatic hydroxyl groups excluding tert-OH is 2. The molecule has 134 valence electrons. The summed E-state index contributed by atoms with van der Waals surface area (Å²) in [5, 5.41) is 20.9. The lowest BCUT2D eigenvalue weighted by atomic mass is 9.41. The minimum atomic E-state index is -0.584. The molecule has 24 heavy (non-hydrogen) atoms. The van der Waals surface area contributed by atoms with Gasteiger partial charge in [0.15, 0.2) is 0 Å². The minimum absolute atomic E-state index is 0.0199.